The van der Waals surface area contributed by atoms with Crippen molar-refractivity contribution in [1.29, 1.82) is 0 Å². The number of likely N-dealkylation sites (tertiary alicyclic amines) is 1. The number of nitrogens with zero attached hydrogens (tertiary/aromatic N) is 2. The van der Waals surface area contributed by atoms with Crippen molar-refractivity contribution in [3.8, 4) is 0 Å². The van der Waals surface area contributed by atoms with Crippen LogP contribution in [0.2, 0.25) is 0 Å². The van der Waals surface area contributed by atoms with E-state index < -0.39 is 10.0 Å². The third-order valence-electron chi connectivity index (χ3n) is 6.03. The van der Waals surface area contributed by atoms with Gasteiger partial charge in [-0.15, -0.1) is 0 Å². The first-order valence-corrected chi connectivity index (χ1v) is 12.0. The van der Waals surface area contributed by atoms with E-state index in [1.54, 1.807) is 24.3 Å². The van der Waals surface area contributed by atoms with Gasteiger partial charge in [0.1, 0.15) is 0 Å². The summed E-state index contributed by atoms with van der Waals surface area (Å²) in [6, 6.07) is 6.91. The Kier molecular flexibility index (Phi) is 6.95. The van der Waals surface area contributed by atoms with Crippen molar-refractivity contribution < 1.29 is 18.0 Å². The van der Waals surface area contributed by atoms with E-state index in [9.17, 15) is 18.0 Å². The van der Waals surface area contributed by atoms with Crippen LogP contribution >= 0.6 is 0 Å². The van der Waals surface area contributed by atoms with Crippen molar-refractivity contribution in [1.82, 2.24) is 14.5 Å². The van der Waals surface area contributed by atoms with E-state index in [0.717, 1.165) is 31.2 Å². The predicted octanol–water partition coefficient (Wildman–Crippen LogP) is 2.12. The largest absolute Gasteiger partial charge is 0.352 e. The molecule has 0 aromatic heterocycles. The number of nitrogens with one attached hydrogen (secondary N) is 1. The summed E-state index contributed by atoms with van der Waals surface area (Å²) in [5.41, 5.74) is 0.828. The average Bonchev–Trinajstić information content (AvgIpc) is 3.36. The molecule has 0 spiro atoms. The van der Waals surface area contributed by atoms with Crippen LogP contribution in [0.3, 0.4) is 0 Å². The zero-order valence-electron chi connectivity index (χ0n) is 17.3. The number of rotatable bonds is 8. The van der Waals surface area contributed by atoms with Gasteiger partial charge in [0.05, 0.1) is 10.8 Å². The number of amides is 2. The maximum Gasteiger partial charge on any atom is 0.243 e. The van der Waals surface area contributed by atoms with Crippen molar-refractivity contribution in [2.45, 2.75) is 63.4 Å². The zero-order valence-corrected chi connectivity index (χ0v) is 18.1. The van der Waals surface area contributed by atoms with E-state index in [2.05, 4.69) is 5.32 Å². The molecule has 0 radical (unpaired) electrons. The molecule has 7 nitrogen and oxygen atoms in total. The van der Waals surface area contributed by atoms with Gasteiger partial charge in [0.2, 0.25) is 21.8 Å². The number of sulfonamides is 1. The molecule has 1 aliphatic heterocycles. The molecule has 1 N–H and O–H groups in total. The van der Waals surface area contributed by atoms with Crippen molar-refractivity contribution in [2.75, 3.05) is 19.6 Å². The third kappa shape index (κ3) is 4.80. The summed E-state index contributed by atoms with van der Waals surface area (Å²) < 4.78 is 26.5. The molecule has 3 rings (SSSR count). The van der Waals surface area contributed by atoms with Crippen LogP contribution in [0.5, 0.6) is 0 Å². The van der Waals surface area contributed by atoms with Crippen LogP contribution in [-0.2, 0) is 26.2 Å². The second-order valence-corrected chi connectivity index (χ2v) is 9.77. The Morgan fingerprint density at radius 1 is 1.14 bits per heavy atom. The average molecular weight is 422 g/mol. The van der Waals surface area contributed by atoms with E-state index in [1.165, 1.54) is 4.31 Å². The van der Waals surface area contributed by atoms with Crippen LogP contribution in [0.4, 0.5) is 0 Å². The Morgan fingerprint density at radius 3 is 2.34 bits per heavy atom. The molecule has 1 saturated heterocycles. The first-order chi connectivity index (χ1) is 13.9. The third-order valence-corrected chi connectivity index (χ3v) is 8.09. The fourth-order valence-electron chi connectivity index (χ4n) is 4.30. The maximum absolute atomic E-state index is 12.5. The first-order valence-electron chi connectivity index (χ1n) is 10.5. The Morgan fingerprint density at radius 2 is 1.76 bits per heavy atom. The highest BCUT2D eigenvalue weighted by molar-refractivity contribution is 7.89. The summed E-state index contributed by atoms with van der Waals surface area (Å²) in [6.07, 6.45) is 4.69. The Balaban J connectivity index is 1.55. The fourth-order valence-corrected chi connectivity index (χ4v) is 5.76. The second kappa shape index (κ2) is 9.26. The van der Waals surface area contributed by atoms with Gasteiger partial charge in [0.15, 0.2) is 0 Å². The molecular weight excluding hydrogens is 390 g/mol. The smallest absolute Gasteiger partial charge is 0.243 e. The summed E-state index contributed by atoms with van der Waals surface area (Å²) in [6.45, 7) is 5.30. The highest BCUT2D eigenvalue weighted by Gasteiger charge is 2.38. The summed E-state index contributed by atoms with van der Waals surface area (Å²) in [5, 5.41) is 2.90. The number of hydrogen-bond donors (Lipinski definition) is 1. The van der Waals surface area contributed by atoms with Crippen LogP contribution in [0.15, 0.2) is 29.2 Å². The standard InChI is InChI=1S/C21H31N3O4S/c1-3-23(4-2)29(27,28)19-11-9-16(10-12-19)14-22-21(26)17-13-20(25)24(15-17)18-7-5-6-8-18/h9-12,17-18H,3-8,13-15H2,1-2H3,(H,22,26). The van der Waals surface area contributed by atoms with E-state index in [0.29, 0.717) is 32.2 Å². The molecule has 1 heterocycles. The Labute approximate surface area is 173 Å². The molecule has 1 atom stereocenters. The van der Waals surface area contributed by atoms with E-state index in [-0.39, 0.29) is 29.0 Å². The van der Waals surface area contributed by atoms with Gasteiger partial charge < -0.3 is 10.2 Å². The van der Waals surface area contributed by atoms with E-state index in [4.69, 9.17) is 0 Å². The van der Waals surface area contributed by atoms with Crippen molar-refractivity contribution in [3.05, 3.63) is 29.8 Å². The van der Waals surface area contributed by atoms with Crippen molar-refractivity contribution in [3.63, 3.8) is 0 Å². The molecular formula is C21H31N3O4S. The van der Waals surface area contributed by atoms with Gasteiger partial charge in [0, 0.05) is 38.6 Å². The minimum atomic E-state index is -3.48. The number of benzene rings is 1. The number of carbonyl (C=O) groups excluding carboxylic acids is 2. The van der Waals surface area contributed by atoms with Crippen molar-refractivity contribution >= 4 is 21.8 Å². The monoisotopic (exact) mass is 421 g/mol. The SMILES string of the molecule is CCN(CC)S(=O)(=O)c1ccc(CNC(=O)C2CC(=O)N(C3CCCC3)C2)cc1. The lowest BCUT2D eigenvalue weighted by Crippen LogP contribution is -2.36. The quantitative estimate of drug-likeness (QED) is 0.697. The van der Waals surface area contributed by atoms with E-state index in [1.807, 2.05) is 18.7 Å². The number of hydrogen-bond acceptors (Lipinski definition) is 4. The van der Waals surface area contributed by atoms with E-state index >= 15 is 0 Å². The predicted molar refractivity (Wildman–Crippen MR) is 110 cm³/mol. The molecule has 2 amide bonds. The van der Waals surface area contributed by atoms with Gasteiger partial charge in [-0.2, -0.15) is 4.31 Å². The molecule has 1 unspecified atom stereocenters. The van der Waals surface area contributed by atoms with Gasteiger partial charge >= 0.3 is 0 Å². The molecule has 1 aromatic carbocycles. The lowest BCUT2D eigenvalue weighted by molar-refractivity contribution is -0.130. The van der Waals surface area contributed by atoms with Crippen LogP contribution in [-0.4, -0.2) is 55.1 Å². The zero-order chi connectivity index (χ0) is 21.0. The van der Waals surface area contributed by atoms with Gasteiger partial charge in [-0.25, -0.2) is 8.42 Å². The Bertz CT molecular complexity index is 828. The van der Waals surface area contributed by atoms with Gasteiger partial charge in [-0.05, 0) is 30.5 Å². The van der Waals surface area contributed by atoms with Gasteiger partial charge in [-0.3, -0.25) is 9.59 Å². The maximum atomic E-state index is 12.5. The summed E-state index contributed by atoms with van der Waals surface area (Å²) in [5.74, 6) is -0.327. The van der Waals surface area contributed by atoms with Crippen molar-refractivity contribution in [2.24, 2.45) is 5.92 Å². The summed E-state index contributed by atoms with van der Waals surface area (Å²) >= 11 is 0. The van der Waals surface area contributed by atoms with Crippen LogP contribution in [0, 0.1) is 5.92 Å². The second-order valence-electron chi connectivity index (χ2n) is 7.84. The lowest BCUT2D eigenvalue weighted by Gasteiger charge is -2.23. The molecule has 1 aliphatic carbocycles. The first kappa shape index (κ1) is 21.8. The van der Waals surface area contributed by atoms with Crippen LogP contribution in [0.25, 0.3) is 0 Å². The Hall–Kier alpha value is -1.93. The summed E-state index contributed by atoms with van der Waals surface area (Å²) in [7, 11) is -3.48. The molecule has 2 aliphatic rings. The minimum absolute atomic E-state index is 0.0861. The topological polar surface area (TPSA) is 86.8 Å². The summed E-state index contributed by atoms with van der Waals surface area (Å²) in [4.78, 5) is 26.9. The molecule has 1 saturated carbocycles. The molecule has 8 heteroatoms. The minimum Gasteiger partial charge on any atom is -0.352 e. The molecule has 29 heavy (non-hydrogen) atoms. The molecule has 0 bridgehead atoms. The van der Waals surface area contributed by atoms with Gasteiger partial charge in [0.25, 0.3) is 0 Å². The highest BCUT2D eigenvalue weighted by atomic mass is 32.2. The molecule has 160 valence electrons. The molecule has 2 fully saturated rings. The lowest BCUT2D eigenvalue weighted by atomic mass is 10.1. The van der Waals surface area contributed by atoms with Crippen LogP contribution < -0.4 is 5.32 Å². The highest BCUT2D eigenvalue weighted by Crippen LogP contribution is 2.29. The van der Waals surface area contributed by atoms with Gasteiger partial charge in [-0.1, -0.05) is 38.8 Å². The normalized spacial score (nSPS) is 20.6. The van der Waals surface area contributed by atoms with Crippen LogP contribution in [0.1, 0.15) is 51.5 Å². The number of carbonyl (C=O) groups is 2. The molecule has 1 aromatic rings. The fraction of sp³-hybridized carbons (Fsp3) is 0.619.